The SMILES string of the molecule is C[C@H]1CN(C(=O)c2nn(C)cc2Cl)Cc2nnc(-c3cnn(C)c3)n21. The van der Waals surface area contributed by atoms with Gasteiger partial charge in [-0.15, -0.1) is 10.2 Å². The Labute approximate surface area is 148 Å². The quantitative estimate of drug-likeness (QED) is 0.687. The van der Waals surface area contributed by atoms with E-state index in [0.29, 0.717) is 18.1 Å². The molecular formula is C15H17ClN8O. The van der Waals surface area contributed by atoms with Gasteiger partial charge in [0.1, 0.15) is 0 Å². The largest absolute Gasteiger partial charge is 0.328 e. The van der Waals surface area contributed by atoms with Crippen molar-refractivity contribution < 1.29 is 4.79 Å². The molecule has 0 unspecified atom stereocenters. The van der Waals surface area contributed by atoms with Crippen molar-refractivity contribution in [3.63, 3.8) is 0 Å². The van der Waals surface area contributed by atoms with Crippen LogP contribution < -0.4 is 0 Å². The Morgan fingerprint density at radius 1 is 1.24 bits per heavy atom. The smallest absolute Gasteiger partial charge is 0.276 e. The van der Waals surface area contributed by atoms with Crippen LogP contribution in [0.25, 0.3) is 11.4 Å². The third kappa shape index (κ3) is 2.60. The van der Waals surface area contributed by atoms with Gasteiger partial charge in [-0.25, -0.2) is 0 Å². The summed E-state index contributed by atoms with van der Waals surface area (Å²) < 4.78 is 5.32. The fraction of sp³-hybridized carbons (Fsp3) is 0.400. The summed E-state index contributed by atoms with van der Waals surface area (Å²) in [5.41, 5.74) is 1.16. The summed E-state index contributed by atoms with van der Waals surface area (Å²) in [7, 11) is 3.59. The van der Waals surface area contributed by atoms with E-state index in [4.69, 9.17) is 11.6 Å². The second-order valence-corrected chi connectivity index (χ2v) is 6.65. The monoisotopic (exact) mass is 360 g/mol. The molecule has 25 heavy (non-hydrogen) atoms. The fourth-order valence-corrected chi connectivity index (χ4v) is 3.43. The van der Waals surface area contributed by atoms with Gasteiger partial charge in [0.2, 0.25) is 0 Å². The molecule has 0 fully saturated rings. The van der Waals surface area contributed by atoms with E-state index in [2.05, 4.69) is 25.0 Å². The number of hydrogen-bond acceptors (Lipinski definition) is 5. The van der Waals surface area contributed by atoms with Crippen molar-refractivity contribution in [2.24, 2.45) is 14.1 Å². The summed E-state index contributed by atoms with van der Waals surface area (Å²) in [4.78, 5) is 14.5. The second kappa shape index (κ2) is 5.69. The zero-order valence-corrected chi connectivity index (χ0v) is 14.8. The lowest BCUT2D eigenvalue weighted by molar-refractivity contribution is 0.0675. The second-order valence-electron chi connectivity index (χ2n) is 6.25. The maximum atomic E-state index is 12.8. The van der Waals surface area contributed by atoms with Crippen molar-refractivity contribution in [1.82, 2.24) is 39.2 Å². The molecule has 0 spiro atoms. The van der Waals surface area contributed by atoms with Gasteiger partial charge in [-0.2, -0.15) is 10.2 Å². The van der Waals surface area contributed by atoms with Gasteiger partial charge in [0.15, 0.2) is 17.3 Å². The Hall–Kier alpha value is -2.68. The van der Waals surface area contributed by atoms with Crippen LogP contribution in [0.2, 0.25) is 5.02 Å². The predicted octanol–water partition coefficient (Wildman–Crippen LogP) is 1.28. The number of hydrogen-bond donors (Lipinski definition) is 0. The minimum atomic E-state index is -0.199. The Morgan fingerprint density at radius 2 is 2.04 bits per heavy atom. The molecular weight excluding hydrogens is 344 g/mol. The molecule has 0 aliphatic carbocycles. The van der Waals surface area contributed by atoms with Gasteiger partial charge in [0, 0.05) is 33.0 Å². The maximum Gasteiger partial charge on any atom is 0.276 e. The van der Waals surface area contributed by atoms with Crippen LogP contribution in [0.15, 0.2) is 18.6 Å². The molecule has 0 aromatic carbocycles. The van der Waals surface area contributed by atoms with Crippen LogP contribution in [-0.4, -0.2) is 51.7 Å². The molecule has 3 aromatic heterocycles. The standard InChI is InChI=1S/C15H17ClN8O/c1-9-5-23(15(25)13-11(16)7-22(3)20-13)8-12-18-19-14(24(9)12)10-4-17-21(2)6-10/h4,6-7,9H,5,8H2,1-3H3/t9-/m0/s1. The van der Waals surface area contributed by atoms with Crippen molar-refractivity contribution >= 4 is 17.5 Å². The first kappa shape index (κ1) is 15.8. The lowest BCUT2D eigenvalue weighted by Gasteiger charge is -2.32. The Balaban J connectivity index is 1.65. The Morgan fingerprint density at radius 3 is 2.68 bits per heavy atom. The van der Waals surface area contributed by atoms with Crippen molar-refractivity contribution in [1.29, 1.82) is 0 Å². The van der Waals surface area contributed by atoms with Crippen molar-refractivity contribution in [3.8, 4) is 11.4 Å². The molecule has 4 rings (SSSR count). The topological polar surface area (TPSA) is 86.7 Å². The molecule has 9 nitrogen and oxygen atoms in total. The van der Waals surface area contributed by atoms with Gasteiger partial charge in [0.05, 0.1) is 29.4 Å². The number of halogens is 1. The van der Waals surface area contributed by atoms with E-state index < -0.39 is 0 Å². The van der Waals surface area contributed by atoms with Gasteiger partial charge in [-0.1, -0.05) is 11.6 Å². The number of carbonyl (C=O) groups excluding carboxylic acids is 1. The summed E-state index contributed by atoms with van der Waals surface area (Å²) in [6.45, 7) is 2.93. The molecule has 3 aromatic rings. The molecule has 1 aliphatic heterocycles. The van der Waals surface area contributed by atoms with E-state index in [9.17, 15) is 4.79 Å². The van der Waals surface area contributed by atoms with Crippen LogP contribution in [0.5, 0.6) is 0 Å². The average molecular weight is 361 g/mol. The van der Waals surface area contributed by atoms with E-state index in [1.165, 1.54) is 4.68 Å². The molecule has 1 atom stereocenters. The first-order valence-corrected chi connectivity index (χ1v) is 8.23. The lowest BCUT2D eigenvalue weighted by atomic mass is 10.2. The first-order chi connectivity index (χ1) is 11.9. The molecule has 4 heterocycles. The van der Waals surface area contributed by atoms with Crippen LogP contribution in [0.4, 0.5) is 0 Å². The van der Waals surface area contributed by atoms with Crippen LogP contribution in [-0.2, 0) is 20.6 Å². The van der Waals surface area contributed by atoms with Gasteiger partial charge < -0.3 is 9.47 Å². The molecule has 0 saturated carbocycles. The van der Waals surface area contributed by atoms with Crippen LogP contribution in [0.1, 0.15) is 29.3 Å². The number of aromatic nitrogens is 7. The minimum Gasteiger partial charge on any atom is -0.328 e. The number of carbonyl (C=O) groups is 1. The molecule has 0 saturated heterocycles. The number of nitrogens with zero attached hydrogens (tertiary/aromatic N) is 8. The highest BCUT2D eigenvalue weighted by molar-refractivity contribution is 6.33. The highest BCUT2D eigenvalue weighted by Gasteiger charge is 2.32. The molecule has 1 amide bonds. The summed E-state index contributed by atoms with van der Waals surface area (Å²) in [5.74, 6) is 1.30. The minimum absolute atomic E-state index is 0.0281. The van der Waals surface area contributed by atoms with Gasteiger partial charge in [-0.3, -0.25) is 14.2 Å². The third-order valence-corrected chi connectivity index (χ3v) is 4.54. The molecule has 0 radical (unpaired) electrons. The molecule has 10 heteroatoms. The Bertz CT molecular complexity index is 955. The van der Waals surface area contributed by atoms with Gasteiger partial charge in [-0.05, 0) is 6.92 Å². The van der Waals surface area contributed by atoms with Gasteiger partial charge >= 0.3 is 0 Å². The fourth-order valence-electron chi connectivity index (χ4n) is 3.17. The average Bonchev–Trinajstić information content (AvgIpc) is 3.25. The highest BCUT2D eigenvalue weighted by atomic mass is 35.5. The highest BCUT2D eigenvalue weighted by Crippen LogP contribution is 2.28. The molecule has 0 bridgehead atoms. The zero-order chi connectivity index (χ0) is 17.7. The van der Waals surface area contributed by atoms with E-state index in [1.54, 1.807) is 29.0 Å². The van der Waals surface area contributed by atoms with Gasteiger partial charge in [0.25, 0.3) is 5.91 Å². The first-order valence-electron chi connectivity index (χ1n) is 7.85. The number of rotatable bonds is 2. The third-order valence-electron chi connectivity index (χ3n) is 4.26. The van der Waals surface area contributed by atoms with Crippen LogP contribution in [0.3, 0.4) is 0 Å². The molecule has 130 valence electrons. The van der Waals surface area contributed by atoms with Crippen LogP contribution in [0, 0.1) is 0 Å². The van der Waals surface area contributed by atoms with E-state index in [-0.39, 0.29) is 17.6 Å². The van der Waals surface area contributed by atoms with E-state index in [1.807, 2.05) is 20.2 Å². The Kier molecular flexibility index (Phi) is 3.60. The van der Waals surface area contributed by atoms with Crippen molar-refractivity contribution in [2.45, 2.75) is 19.5 Å². The number of aryl methyl sites for hydroxylation is 2. The summed E-state index contributed by atoms with van der Waals surface area (Å²) in [5, 5.41) is 17.3. The number of amides is 1. The van der Waals surface area contributed by atoms with Crippen molar-refractivity contribution in [3.05, 3.63) is 35.1 Å². The summed E-state index contributed by atoms with van der Waals surface area (Å²) in [6, 6.07) is 0.0281. The van der Waals surface area contributed by atoms with E-state index >= 15 is 0 Å². The predicted molar refractivity (Wildman–Crippen MR) is 89.9 cm³/mol. The molecule has 0 N–H and O–H groups in total. The van der Waals surface area contributed by atoms with Crippen molar-refractivity contribution in [2.75, 3.05) is 6.54 Å². The normalized spacial score (nSPS) is 17.0. The summed E-state index contributed by atoms with van der Waals surface area (Å²) in [6.07, 6.45) is 5.27. The summed E-state index contributed by atoms with van der Waals surface area (Å²) >= 11 is 6.11. The zero-order valence-electron chi connectivity index (χ0n) is 14.1. The molecule has 1 aliphatic rings. The van der Waals surface area contributed by atoms with Crippen LogP contribution >= 0.6 is 11.6 Å². The lowest BCUT2D eigenvalue weighted by Crippen LogP contribution is -2.40. The maximum absolute atomic E-state index is 12.8. The van der Waals surface area contributed by atoms with E-state index in [0.717, 1.165) is 17.2 Å². The number of fused-ring (bicyclic) bond motifs is 1.